The number of hydrogen-bond donors (Lipinski definition) is 2. The molecule has 28 heavy (non-hydrogen) atoms. The molecule has 1 aromatic heterocycles. The number of carbonyl (C=O) groups excluding carboxylic acids is 1. The van der Waals surface area contributed by atoms with Crippen LogP contribution in [0.4, 0.5) is 0 Å². The summed E-state index contributed by atoms with van der Waals surface area (Å²) in [6, 6.07) is 20.1. The summed E-state index contributed by atoms with van der Waals surface area (Å²) in [5.41, 5.74) is 2.18. The molecule has 1 amide bonds. The monoisotopic (exact) mass is 395 g/mol. The van der Waals surface area contributed by atoms with Gasteiger partial charge >= 0.3 is 0 Å². The SMILES string of the molecule is C[C@H]([NH2+][C@@H](c1ccccc1)c1cccs1)C(=O)NCc1ccc2c(c1)OCO2. The summed E-state index contributed by atoms with van der Waals surface area (Å²) >= 11 is 1.71. The first-order chi connectivity index (χ1) is 13.7. The Morgan fingerprint density at radius 1 is 1.11 bits per heavy atom. The molecule has 3 N–H and O–H groups in total. The van der Waals surface area contributed by atoms with E-state index in [-0.39, 0.29) is 24.8 Å². The van der Waals surface area contributed by atoms with Crippen molar-refractivity contribution in [3.05, 3.63) is 82.0 Å². The summed E-state index contributed by atoms with van der Waals surface area (Å²) in [5.74, 6) is 1.49. The number of rotatable bonds is 7. The summed E-state index contributed by atoms with van der Waals surface area (Å²) < 4.78 is 10.7. The van der Waals surface area contributed by atoms with E-state index in [9.17, 15) is 4.79 Å². The highest BCUT2D eigenvalue weighted by Gasteiger charge is 2.25. The number of thiophene rings is 1. The van der Waals surface area contributed by atoms with Gasteiger partial charge in [0, 0.05) is 12.1 Å². The van der Waals surface area contributed by atoms with Crippen molar-refractivity contribution in [1.82, 2.24) is 5.32 Å². The van der Waals surface area contributed by atoms with Crippen LogP contribution in [0.25, 0.3) is 0 Å². The van der Waals surface area contributed by atoms with Gasteiger partial charge < -0.3 is 20.1 Å². The van der Waals surface area contributed by atoms with E-state index in [1.165, 1.54) is 10.4 Å². The Balaban J connectivity index is 1.40. The Labute approximate surface area is 168 Å². The number of amides is 1. The molecule has 1 aliphatic heterocycles. The molecule has 144 valence electrons. The third-order valence-corrected chi connectivity index (χ3v) is 5.76. The lowest BCUT2D eigenvalue weighted by Crippen LogP contribution is -2.92. The maximum absolute atomic E-state index is 12.7. The molecule has 4 rings (SSSR count). The maximum Gasteiger partial charge on any atom is 0.278 e. The lowest BCUT2D eigenvalue weighted by molar-refractivity contribution is -0.704. The topological polar surface area (TPSA) is 64.2 Å². The van der Waals surface area contributed by atoms with Crippen LogP contribution < -0.4 is 20.1 Å². The average Bonchev–Trinajstić information content (AvgIpc) is 3.42. The van der Waals surface area contributed by atoms with E-state index < -0.39 is 0 Å². The number of fused-ring (bicyclic) bond motifs is 1. The van der Waals surface area contributed by atoms with E-state index in [2.05, 4.69) is 34.2 Å². The molecular weight excluding hydrogens is 372 g/mol. The Bertz CT molecular complexity index is 928. The molecule has 1 aliphatic rings. The highest BCUT2D eigenvalue weighted by molar-refractivity contribution is 7.10. The van der Waals surface area contributed by atoms with E-state index in [0.717, 1.165) is 17.1 Å². The van der Waals surface area contributed by atoms with Crippen molar-refractivity contribution in [3.8, 4) is 11.5 Å². The number of quaternary nitrogens is 1. The van der Waals surface area contributed by atoms with Gasteiger partial charge in [-0.3, -0.25) is 4.79 Å². The van der Waals surface area contributed by atoms with E-state index in [4.69, 9.17) is 9.47 Å². The first-order valence-electron chi connectivity index (χ1n) is 9.30. The second-order valence-corrected chi connectivity index (χ2v) is 7.77. The summed E-state index contributed by atoms with van der Waals surface area (Å²) in [4.78, 5) is 13.9. The number of nitrogens with two attached hydrogens (primary N) is 1. The first kappa shape index (κ1) is 18.5. The number of ether oxygens (including phenoxy) is 2. The van der Waals surface area contributed by atoms with E-state index >= 15 is 0 Å². The second-order valence-electron chi connectivity index (χ2n) is 6.79. The highest BCUT2D eigenvalue weighted by Crippen LogP contribution is 2.32. The molecule has 3 aromatic rings. The Morgan fingerprint density at radius 3 is 2.71 bits per heavy atom. The van der Waals surface area contributed by atoms with Gasteiger partial charge in [0.25, 0.3) is 5.91 Å². The molecule has 5 nitrogen and oxygen atoms in total. The van der Waals surface area contributed by atoms with Gasteiger partial charge in [-0.1, -0.05) is 42.5 Å². The lowest BCUT2D eigenvalue weighted by Gasteiger charge is -2.19. The van der Waals surface area contributed by atoms with Crippen molar-refractivity contribution in [2.75, 3.05) is 6.79 Å². The van der Waals surface area contributed by atoms with Crippen LogP contribution in [0, 0.1) is 0 Å². The Morgan fingerprint density at radius 2 is 1.93 bits per heavy atom. The number of nitrogens with one attached hydrogen (secondary N) is 1. The van der Waals surface area contributed by atoms with E-state index in [1.807, 2.05) is 49.4 Å². The van der Waals surface area contributed by atoms with Crippen molar-refractivity contribution in [1.29, 1.82) is 0 Å². The molecule has 0 saturated carbocycles. The van der Waals surface area contributed by atoms with Crippen molar-refractivity contribution in [2.45, 2.75) is 25.6 Å². The first-order valence-corrected chi connectivity index (χ1v) is 10.2. The Kier molecular flexibility index (Phi) is 5.60. The molecule has 6 heteroatoms. The smallest absolute Gasteiger partial charge is 0.278 e. The fourth-order valence-electron chi connectivity index (χ4n) is 3.28. The molecule has 2 heterocycles. The number of carbonyl (C=O) groups is 1. The summed E-state index contributed by atoms with van der Waals surface area (Å²) in [5, 5.41) is 7.22. The van der Waals surface area contributed by atoms with Crippen molar-refractivity contribution >= 4 is 17.2 Å². The molecule has 0 aliphatic carbocycles. The van der Waals surface area contributed by atoms with Crippen LogP contribution in [0.2, 0.25) is 0 Å². The maximum atomic E-state index is 12.7. The molecule has 0 bridgehead atoms. The predicted octanol–water partition coefficient (Wildman–Crippen LogP) is 2.83. The zero-order valence-electron chi connectivity index (χ0n) is 15.6. The lowest BCUT2D eigenvalue weighted by atomic mass is 10.0. The quantitative estimate of drug-likeness (QED) is 0.647. The van der Waals surface area contributed by atoms with Crippen LogP contribution in [0.3, 0.4) is 0 Å². The van der Waals surface area contributed by atoms with Gasteiger partial charge in [0.05, 0.1) is 4.88 Å². The van der Waals surface area contributed by atoms with Crippen molar-refractivity contribution in [2.24, 2.45) is 0 Å². The average molecular weight is 396 g/mol. The Hall–Kier alpha value is -2.83. The molecule has 0 fully saturated rings. The largest absolute Gasteiger partial charge is 0.454 e. The molecule has 2 atom stereocenters. The summed E-state index contributed by atoms with van der Waals surface area (Å²) in [6.07, 6.45) is 0. The van der Waals surface area contributed by atoms with Crippen LogP contribution in [0.1, 0.15) is 29.0 Å². The van der Waals surface area contributed by atoms with Gasteiger partial charge in [0.15, 0.2) is 17.5 Å². The second kappa shape index (κ2) is 8.46. The highest BCUT2D eigenvalue weighted by atomic mass is 32.1. The normalized spacial score (nSPS) is 14.5. The number of benzene rings is 2. The zero-order valence-corrected chi connectivity index (χ0v) is 16.4. The summed E-state index contributed by atoms with van der Waals surface area (Å²) in [7, 11) is 0. The fraction of sp³-hybridized carbons (Fsp3) is 0.227. The molecule has 0 radical (unpaired) electrons. The van der Waals surface area contributed by atoms with Gasteiger partial charge in [-0.15, -0.1) is 11.3 Å². The third kappa shape index (κ3) is 4.18. The standard InChI is InChI=1S/C22H22N2O3S/c1-15(22(25)23-13-16-9-10-18-19(12-16)27-14-26-18)24-21(20-8-5-11-28-20)17-6-3-2-4-7-17/h2-12,15,21,24H,13-14H2,1H3,(H,23,25)/p+1/t15-,21-/m0/s1. The number of hydrogen-bond acceptors (Lipinski definition) is 4. The van der Waals surface area contributed by atoms with Gasteiger partial charge in [0.1, 0.15) is 6.04 Å². The van der Waals surface area contributed by atoms with Crippen LogP contribution >= 0.6 is 11.3 Å². The van der Waals surface area contributed by atoms with Crippen LogP contribution in [-0.2, 0) is 11.3 Å². The van der Waals surface area contributed by atoms with Gasteiger partial charge in [-0.2, -0.15) is 0 Å². The van der Waals surface area contributed by atoms with E-state index in [0.29, 0.717) is 6.54 Å². The minimum atomic E-state index is -0.221. The fourth-order valence-corrected chi connectivity index (χ4v) is 4.11. The predicted molar refractivity (Wildman–Crippen MR) is 108 cm³/mol. The summed E-state index contributed by atoms with van der Waals surface area (Å²) in [6.45, 7) is 2.65. The zero-order chi connectivity index (χ0) is 19.3. The minimum Gasteiger partial charge on any atom is -0.454 e. The molecular formula is C22H23N2O3S+. The van der Waals surface area contributed by atoms with Crippen LogP contribution in [0.5, 0.6) is 11.5 Å². The van der Waals surface area contributed by atoms with E-state index in [1.54, 1.807) is 11.3 Å². The minimum absolute atomic E-state index is 0.00940. The third-order valence-electron chi connectivity index (χ3n) is 4.81. The van der Waals surface area contributed by atoms with Crippen molar-refractivity contribution in [3.63, 3.8) is 0 Å². The van der Waals surface area contributed by atoms with Gasteiger partial charge in [-0.25, -0.2) is 0 Å². The van der Waals surface area contributed by atoms with Crippen LogP contribution in [-0.4, -0.2) is 18.7 Å². The molecule has 0 saturated heterocycles. The van der Waals surface area contributed by atoms with Crippen LogP contribution in [0.15, 0.2) is 66.0 Å². The molecule has 2 aromatic carbocycles. The van der Waals surface area contributed by atoms with Gasteiger partial charge in [0.2, 0.25) is 6.79 Å². The van der Waals surface area contributed by atoms with Gasteiger partial charge in [-0.05, 0) is 36.1 Å². The van der Waals surface area contributed by atoms with Crippen molar-refractivity contribution < 1.29 is 19.6 Å². The molecule has 0 spiro atoms. The molecule has 0 unspecified atom stereocenters.